The Morgan fingerprint density at radius 2 is 1.84 bits per heavy atom. The van der Waals surface area contributed by atoms with Crippen molar-refractivity contribution in [2.24, 2.45) is 17.3 Å². The topological polar surface area (TPSA) is 76.2 Å². The first-order chi connectivity index (χ1) is 18.4. The SMILES string of the molecule is COC(=O)[C@]12C[C@H](CC(=O)N3CCCCC3)C(=O)N(CCC3=CCCCC3)C1=C[C@H](C1CCCC1)O[C@@H]2C. The zero-order valence-electron chi connectivity index (χ0n) is 23.4. The fraction of sp³-hybridized carbons (Fsp3) is 0.774. The molecule has 3 fully saturated rings. The second kappa shape index (κ2) is 11.9. The minimum atomic E-state index is -1.08. The van der Waals surface area contributed by atoms with E-state index in [1.54, 1.807) is 0 Å². The standard InChI is InChI=1S/C31H46N2O5/c1-22-31(30(36)37-2)21-25(19-28(34)32-16-9-4-10-17-32)29(35)33(18-15-23-11-5-3-6-12-23)27(31)20-26(38-22)24-13-7-8-14-24/h11,20,22,24-26H,3-10,12-19,21H2,1-2H3/t22-,25+,26-,31+/m1/s1. The highest BCUT2D eigenvalue weighted by atomic mass is 16.5. The third kappa shape index (κ3) is 5.32. The minimum Gasteiger partial charge on any atom is -0.468 e. The number of carbonyl (C=O) groups excluding carboxylic acids is 3. The average molecular weight is 527 g/mol. The van der Waals surface area contributed by atoms with E-state index in [0.29, 0.717) is 12.5 Å². The molecule has 0 bridgehead atoms. The van der Waals surface area contributed by atoms with Crippen molar-refractivity contribution >= 4 is 17.8 Å². The number of nitrogens with zero attached hydrogens (tertiary/aromatic N) is 2. The molecule has 3 heterocycles. The molecular formula is C31H46N2O5. The van der Waals surface area contributed by atoms with Gasteiger partial charge in [-0.1, -0.05) is 24.5 Å². The van der Waals surface area contributed by atoms with Gasteiger partial charge in [0.1, 0.15) is 5.41 Å². The van der Waals surface area contributed by atoms with Crippen LogP contribution < -0.4 is 0 Å². The van der Waals surface area contributed by atoms with Crippen molar-refractivity contribution < 1.29 is 23.9 Å². The lowest BCUT2D eigenvalue weighted by atomic mass is 9.66. The number of hydrogen-bond acceptors (Lipinski definition) is 5. The predicted molar refractivity (Wildman–Crippen MR) is 145 cm³/mol. The van der Waals surface area contributed by atoms with Crippen molar-refractivity contribution in [1.82, 2.24) is 9.80 Å². The maximum absolute atomic E-state index is 14.2. The van der Waals surface area contributed by atoms with Crippen LogP contribution in [0.1, 0.15) is 96.8 Å². The normalized spacial score (nSPS) is 32.5. The van der Waals surface area contributed by atoms with E-state index in [4.69, 9.17) is 9.47 Å². The van der Waals surface area contributed by atoms with Gasteiger partial charge in [0.2, 0.25) is 11.8 Å². The molecule has 210 valence electrons. The molecule has 0 radical (unpaired) electrons. The van der Waals surface area contributed by atoms with Gasteiger partial charge in [-0.25, -0.2) is 0 Å². The van der Waals surface area contributed by atoms with Crippen LogP contribution in [-0.2, 0) is 23.9 Å². The first-order valence-corrected chi connectivity index (χ1v) is 15.2. The molecule has 0 unspecified atom stereocenters. The van der Waals surface area contributed by atoms with Gasteiger partial charge in [-0.05, 0) is 89.5 Å². The highest BCUT2D eigenvalue weighted by Crippen LogP contribution is 2.52. The summed E-state index contributed by atoms with van der Waals surface area (Å²) in [5, 5.41) is 0. The molecular weight excluding hydrogens is 480 g/mol. The van der Waals surface area contributed by atoms with E-state index in [1.807, 2.05) is 16.7 Å². The lowest BCUT2D eigenvalue weighted by molar-refractivity contribution is -0.178. The van der Waals surface area contributed by atoms with Crippen LogP contribution in [0.25, 0.3) is 0 Å². The number of piperidine rings is 2. The van der Waals surface area contributed by atoms with Gasteiger partial charge in [-0.2, -0.15) is 0 Å². The molecule has 0 spiro atoms. The molecule has 3 aliphatic heterocycles. The summed E-state index contributed by atoms with van der Waals surface area (Å²) in [6, 6.07) is 0. The van der Waals surface area contributed by atoms with Crippen LogP contribution in [0.2, 0.25) is 0 Å². The highest BCUT2D eigenvalue weighted by molar-refractivity contribution is 5.92. The van der Waals surface area contributed by atoms with Crippen LogP contribution in [-0.4, -0.2) is 66.5 Å². The zero-order chi connectivity index (χ0) is 26.7. The molecule has 4 atom stereocenters. The van der Waals surface area contributed by atoms with E-state index in [0.717, 1.165) is 70.2 Å². The molecule has 0 aromatic rings. The summed E-state index contributed by atoms with van der Waals surface area (Å²) in [5.74, 6) is -0.492. The van der Waals surface area contributed by atoms with Crippen molar-refractivity contribution in [2.45, 2.75) is 109 Å². The monoisotopic (exact) mass is 526 g/mol. The second-order valence-corrected chi connectivity index (χ2v) is 12.2. The number of ether oxygens (including phenoxy) is 2. The molecule has 0 N–H and O–H groups in total. The maximum atomic E-state index is 14.2. The number of rotatable bonds is 7. The number of amides is 2. The number of allylic oxidation sites excluding steroid dienone is 1. The molecule has 2 aliphatic carbocycles. The van der Waals surface area contributed by atoms with Crippen molar-refractivity contribution in [2.75, 3.05) is 26.7 Å². The molecule has 1 saturated carbocycles. The second-order valence-electron chi connectivity index (χ2n) is 12.2. The van der Waals surface area contributed by atoms with E-state index < -0.39 is 17.4 Å². The van der Waals surface area contributed by atoms with Gasteiger partial charge < -0.3 is 19.3 Å². The van der Waals surface area contributed by atoms with Gasteiger partial charge in [0, 0.05) is 37.7 Å². The van der Waals surface area contributed by atoms with E-state index in [1.165, 1.54) is 38.4 Å². The molecule has 5 rings (SSSR count). The highest BCUT2D eigenvalue weighted by Gasteiger charge is 2.60. The summed E-state index contributed by atoms with van der Waals surface area (Å²) < 4.78 is 12.0. The molecule has 5 aliphatic rings. The van der Waals surface area contributed by atoms with Gasteiger partial charge in [0.15, 0.2) is 0 Å². The van der Waals surface area contributed by atoms with Crippen molar-refractivity contribution in [1.29, 1.82) is 0 Å². The van der Waals surface area contributed by atoms with Crippen molar-refractivity contribution in [3.05, 3.63) is 23.4 Å². The number of carbonyl (C=O) groups is 3. The summed E-state index contributed by atoms with van der Waals surface area (Å²) in [7, 11) is 1.42. The Labute approximate surface area is 228 Å². The van der Waals surface area contributed by atoms with E-state index >= 15 is 0 Å². The van der Waals surface area contributed by atoms with E-state index in [9.17, 15) is 14.4 Å². The quantitative estimate of drug-likeness (QED) is 0.339. The molecule has 2 amide bonds. The zero-order valence-corrected chi connectivity index (χ0v) is 23.4. The van der Waals surface area contributed by atoms with Crippen LogP contribution in [0, 0.1) is 17.3 Å². The lowest BCUT2D eigenvalue weighted by Crippen LogP contribution is -2.61. The molecule has 38 heavy (non-hydrogen) atoms. The van der Waals surface area contributed by atoms with Crippen LogP contribution in [0.3, 0.4) is 0 Å². The predicted octanol–water partition coefficient (Wildman–Crippen LogP) is 5.15. The smallest absolute Gasteiger partial charge is 0.320 e. The van der Waals surface area contributed by atoms with Crippen molar-refractivity contribution in [3.63, 3.8) is 0 Å². The van der Waals surface area contributed by atoms with E-state index in [-0.39, 0.29) is 36.7 Å². The lowest BCUT2D eigenvalue weighted by Gasteiger charge is -2.52. The van der Waals surface area contributed by atoms with Crippen LogP contribution in [0.4, 0.5) is 0 Å². The number of likely N-dealkylation sites (tertiary alicyclic amines) is 2. The average Bonchev–Trinajstić information content (AvgIpc) is 3.49. The van der Waals surface area contributed by atoms with Crippen LogP contribution in [0.15, 0.2) is 23.4 Å². The molecule has 2 saturated heterocycles. The Hall–Kier alpha value is -2.15. The Balaban J connectivity index is 1.48. The summed E-state index contributed by atoms with van der Waals surface area (Å²) in [6.07, 6.45) is 17.5. The summed E-state index contributed by atoms with van der Waals surface area (Å²) >= 11 is 0. The van der Waals surface area contributed by atoms with Crippen LogP contribution in [0.5, 0.6) is 0 Å². The number of methoxy groups -OCH3 is 1. The minimum absolute atomic E-state index is 0.0168. The first kappa shape index (κ1) is 27.4. The largest absolute Gasteiger partial charge is 0.468 e. The summed E-state index contributed by atoms with van der Waals surface area (Å²) in [5.41, 5.74) is 1.08. The number of esters is 1. The summed E-state index contributed by atoms with van der Waals surface area (Å²) in [6.45, 7) is 4.02. The Bertz CT molecular complexity index is 961. The number of fused-ring (bicyclic) bond motifs is 1. The van der Waals surface area contributed by atoms with E-state index in [2.05, 4.69) is 12.2 Å². The molecule has 7 nitrogen and oxygen atoms in total. The summed E-state index contributed by atoms with van der Waals surface area (Å²) in [4.78, 5) is 44.9. The Kier molecular flexibility index (Phi) is 8.61. The Morgan fingerprint density at radius 1 is 1.08 bits per heavy atom. The van der Waals surface area contributed by atoms with Gasteiger partial charge in [0.25, 0.3) is 0 Å². The maximum Gasteiger partial charge on any atom is 0.320 e. The van der Waals surface area contributed by atoms with Gasteiger partial charge in [-0.15, -0.1) is 0 Å². The third-order valence-corrected chi connectivity index (χ3v) is 9.89. The fourth-order valence-corrected chi connectivity index (χ4v) is 7.65. The van der Waals surface area contributed by atoms with Gasteiger partial charge in [0.05, 0.1) is 19.3 Å². The van der Waals surface area contributed by atoms with Crippen molar-refractivity contribution in [3.8, 4) is 0 Å². The number of hydrogen-bond donors (Lipinski definition) is 0. The molecule has 0 aromatic carbocycles. The van der Waals surface area contributed by atoms with Gasteiger partial charge >= 0.3 is 5.97 Å². The third-order valence-electron chi connectivity index (χ3n) is 9.89. The Morgan fingerprint density at radius 3 is 2.53 bits per heavy atom. The van der Waals surface area contributed by atoms with Gasteiger partial charge in [-0.3, -0.25) is 14.4 Å². The molecule has 7 heteroatoms. The van der Waals surface area contributed by atoms with Crippen LogP contribution >= 0.6 is 0 Å². The first-order valence-electron chi connectivity index (χ1n) is 15.2. The molecule has 0 aromatic heterocycles. The fourth-order valence-electron chi connectivity index (χ4n) is 7.65.